The van der Waals surface area contributed by atoms with Crippen LogP contribution in [0.25, 0.3) is 0 Å². The van der Waals surface area contributed by atoms with Crippen LogP contribution in [0.15, 0.2) is 113 Å². The van der Waals surface area contributed by atoms with E-state index >= 15 is 0 Å². The van der Waals surface area contributed by atoms with Gasteiger partial charge < -0.3 is 18.9 Å². The summed E-state index contributed by atoms with van der Waals surface area (Å²) < 4.78 is 26.8. The molecule has 8 nitrogen and oxygen atoms in total. The molecule has 1 N–H and O–H groups in total. The maximum Gasteiger partial charge on any atom is 0.330 e. The lowest BCUT2D eigenvalue weighted by Crippen LogP contribution is -2.52. The molecule has 0 spiro atoms. The molecule has 39 heavy (non-hydrogen) atoms. The fourth-order valence-corrected chi connectivity index (χ4v) is 4.66. The lowest BCUT2D eigenvalue weighted by molar-refractivity contribution is -0.237. The van der Waals surface area contributed by atoms with Gasteiger partial charge in [0, 0.05) is 18.7 Å². The first-order chi connectivity index (χ1) is 19.2. The highest BCUT2D eigenvalue weighted by Crippen LogP contribution is 2.32. The van der Waals surface area contributed by atoms with Gasteiger partial charge in [0.05, 0.1) is 32.5 Å². The van der Waals surface area contributed by atoms with Gasteiger partial charge in [-0.25, -0.2) is 4.79 Å². The highest BCUT2D eigenvalue weighted by atomic mass is 16.6. The highest BCUT2D eigenvalue weighted by molar-refractivity contribution is 5.15. The highest BCUT2D eigenvalue weighted by Gasteiger charge is 2.41. The summed E-state index contributed by atoms with van der Waals surface area (Å²) >= 11 is 0. The first-order valence-corrected chi connectivity index (χ1v) is 13.1. The van der Waals surface area contributed by atoms with Crippen LogP contribution in [0.5, 0.6) is 0 Å². The van der Waals surface area contributed by atoms with E-state index in [9.17, 15) is 9.59 Å². The van der Waals surface area contributed by atoms with E-state index in [4.69, 9.17) is 18.9 Å². The van der Waals surface area contributed by atoms with E-state index in [0.717, 1.165) is 16.7 Å². The van der Waals surface area contributed by atoms with Gasteiger partial charge >= 0.3 is 5.69 Å². The molecule has 0 amide bonds. The Morgan fingerprint density at radius 2 is 1.31 bits per heavy atom. The van der Waals surface area contributed by atoms with Crippen LogP contribution >= 0.6 is 0 Å². The van der Waals surface area contributed by atoms with E-state index in [1.54, 1.807) is 0 Å². The zero-order valence-electron chi connectivity index (χ0n) is 21.6. The van der Waals surface area contributed by atoms with Gasteiger partial charge in [0.2, 0.25) is 0 Å². The number of nitrogens with one attached hydrogen (secondary N) is 1. The summed E-state index contributed by atoms with van der Waals surface area (Å²) in [6, 6.07) is 31.0. The Labute approximate surface area is 226 Å². The summed E-state index contributed by atoms with van der Waals surface area (Å²) in [7, 11) is 0. The molecule has 0 saturated carbocycles. The van der Waals surface area contributed by atoms with Gasteiger partial charge in [-0.1, -0.05) is 91.0 Å². The predicted octanol–water partition coefficient (Wildman–Crippen LogP) is 4.21. The van der Waals surface area contributed by atoms with Gasteiger partial charge in [0.1, 0.15) is 18.4 Å². The molecule has 202 valence electrons. The molecule has 0 aliphatic carbocycles. The quantitative estimate of drug-likeness (QED) is 0.314. The summed E-state index contributed by atoms with van der Waals surface area (Å²) in [5.41, 5.74) is 2.10. The van der Waals surface area contributed by atoms with Crippen LogP contribution in [0.4, 0.5) is 0 Å². The molecule has 1 fully saturated rings. The van der Waals surface area contributed by atoms with E-state index in [1.807, 2.05) is 91.0 Å². The third kappa shape index (κ3) is 7.40. The molecule has 1 saturated heterocycles. The minimum atomic E-state index is -0.669. The number of ether oxygens (including phenoxy) is 4. The zero-order valence-corrected chi connectivity index (χ0v) is 21.6. The Bertz CT molecular complexity index is 1410. The minimum absolute atomic E-state index is 0.230. The zero-order chi connectivity index (χ0) is 26.9. The van der Waals surface area contributed by atoms with Gasteiger partial charge in [0.15, 0.2) is 0 Å². The molecule has 1 aliphatic rings. The fraction of sp³-hybridized carbons (Fsp3) is 0.290. The number of nitrogens with zero attached hydrogens (tertiary/aromatic N) is 1. The maximum absolute atomic E-state index is 12.6. The monoisotopic (exact) mass is 528 g/mol. The summed E-state index contributed by atoms with van der Waals surface area (Å²) in [5, 5.41) is 0. The van der Waals surface area contributed by atoms with Crippen LogP contribution in [0.3, 0.4) is 0 Å². The van der Waals surface area contributed by atoms with Crippen molar-refractivity contribution < 1.29 is 18.9 Å². The molecular formula is C31H32N2O6. The van der Waals surface area contributed by atoms with Gasteiger partial charge in [-0.05, 0) is 16.7 Å². The van der Waals surface area contributed by atoms with Gasteiger partial charge in [0.25, 0.3) is 5.56 Å². The SMILES string of the molecule is O=c1ccn([C@H]2C[C@@H](OCc3ccccc3)[C@@H](OCc3ccccc3)[C@@H](COCc3ccccc3)O2)c(=O)[nH]1. The number of rotatable bonds is 11. The van der Waals surface area contributed by atoms with E-state index in [0.29, 0.717) is 26.2 Å². The van der Waals surface area contributed by atoms with Crippen molar-refractivity contribution in [3.8, 4) is 0 Å². The predicted molar refractivity (Wildman–Crippen MR) is 146 cm³/mol. The largest absolute Gasteiger partial charge is 0.374 e. The molecule has 3 aromatic carbocycles. The average Bonchev–Trinajstić information content (AvgIpc) is 2.97. The Balaban J connectivity index is 1.39. The smallest absolute Gasteiger partial charge is 0.330 e. The summed E-state index contributed by atoms with van der Waals surface area (Å²) in [6.45, 7) is 1.39. The van der Waals surface area contributed by atoms with E-state index < -0.39 is 35.8 Å². The number of aromatic amines is 1. The van der Waals surface area contributed by atoms with Crippen LogP contribution in [0, 0.1) is 0 Å². The number of benzene rings is 3. The molecule has 0 bridgehead atoms. The van der Waals surface area contributed by atoms with Gasteiger partial charge in [-0.3, -0.25) is 14.3 Å². The first-order valence-electron chi connectivity index (χ1n) is 13.1. The molecule has 2 heterocycles. The molecule has 4 aromatic rings. The molecule has 0 unspecified atom stereocenters. The first kappa shape index (κ1) is 26.8. The standard InChI is InChI=1S/C31H32N2O6/c34-28-16-17-33(31(35)32-28)29-18-26(37-20-24-12-6-2-7-13-24)30(38-21-25-14-8-3-9-15-25)27(39-29)22-36-19-23-10-4-1-5-11-23/h1-17,26-27,29-30H,18-22H2,(H,32,34,35)/t26-,27-,29-,30-/m1/s1. The van der Waals surface area contributed by atoms with Crippen LogP contribution in [-0.2, 0) is 38.8 Å². The van der Waals surface area contributed by atoms with Crippen molar-refractivity contribution in [2.45, 2.75) is 50.8 Å². The number of hydrogen-bond donors (Lipinski definition) is 1. The van der Waals surface area contributed by atoms with Crippen molar-refractivity contribution in [3.05, 3.63) is 141 Å². The van der Waals surface area contributed by atoms with Crippen molar-refractivity contribution in [1.82, 2.24) is 9.55 Å². The topological polar surface area (TPSA) is 91.8 Å². The lowest BCUT2D eigenvalue weighted by atomic mass is 9.99. The minimum Gasteiger partial charge on any atom is -0.374 e. The second kappa shape index (κ2) is 13.3. The number of aromatic nitrogens is 2. The molecule has 5 rings (SSSR count). The number of hydrogen-bond acceptors (Lipinski definition) is 6. The molecule has 4 atom stereocenters. The van der Waals surface area contributed by atoms with Crippen molar-refractivity contribution in [3.63, 3.8) is 0 Å². The fourth-order valence-electron chi connectivity index (χ4n) is 4.66. The van der Waals surface area contributed by atoms with E-state index in [2.05, 4.69) is 4.98 Å². The van der Waals surface area contributed by atoms with Crippen molar-refractivity contribution in [2.24, 2.45) is 0 Å². The second-order valence-electron chi connectivity index (χ2n) is 9.48. The van der Waals surface area contributed by atoms with Crippen LogP contribution in [-0.4, -0.2) is 34.5 Å². The van der Waals surface area contributed by atoms with Gasteiger partial charge in [-0.2, -0.15) is 0 Å². The summed E-state index contributed by atoms with van der Waals surface area (Å²) in [5.74, 6) is 0. The summed E-state index contributed by atoms with van der Waals surface area (Å²) in [4.78, 5) is 26.6. The van der Waals surface area contributed by atoms with Crippen LogP contribution < -0.4 is 11.2 Å². The Kier molecular flexibility index (Phi) is 9.13. The average molecular weight is 529 g/mol. The number of H-pyrrole nitrogens is 1. The maximum atomic E-state index is 12.6. The van der Waals surface area contributed by atoms with E-state index in [1.165, 1.54) is 16.8 Å². The molecule has 1 aromatic heterocycles. The van der Waals surface area contributed by atoms with Crippen molar-refractivity contribution in [2.75, 3.05) is 6.61 Å². The van der Waals surface area contributed by atoms with Crippen LogP contribution in [0.2, 0.25) is 0 Å². The summed E-state index contributed by atoms with van der Waals surface area (Å²) in [6.07, 6.45) is -0.260. The normalized spacial score (nSPS) is 21.0. The van der Waals surface area contributed by atoms with Crippen molar-refractivity contribution in [1.29, 1.82) is 0 Å². The lowest BCUT2D eigenvalue weighted by Gasteiger charge is -2.41. The molecular weight excluding hydrogens is 496 g/mol. The molecule has 1 aliphatic heterocycles. The molecule has 0 radical (unpaired) electrons. The Morgan fingerprint density at radius 1 is 0.744 bits per heavy atom. The third-order valence-electron chi connectivity index (χ3n) is 6.65. The molecule has 8 heteroatoms. The Hall–Kier alpha value is -3.82. The third-order valence-corrected chi connectivity index (χ3v) is 6.65. The second-order valence-corrected chi connectivity index (χ2v) is 9.48. The van der Waals surface area contributed by atoms with E-state index in [-0.39, 0.29) is 6.61 Å². The van der Waals surface area contributed by atoms with Gasteiger partial charge in [-0.15, -0.1) is 0 Å². The van der Waals surface area contributed by atoms with Crippen LogP contribution in [0.1, 0.15) is 29.3 Å². The Morgan fingerprint density at radius 3 is 1.90 bits per heavy atom. The van der Waals surface area contributed by atoms with Crippen molar-refractivity contribution >= 4 is 0 Å².